The lowest BCUT2D eigenvalue weighted by molar-refractivity contribution is 1.16. The summed E-state index contributed by atoms with van der Waals surface area (Å²) in [5.41, 5.74) is 20.5. The van der Waals surface area contributed by atoms with Crippen LogP contribution in [0.25, 0.3) is 27.5 Å². The molecular weight excluding hydrogens is 874 g/mol. The summed E-state index contributed by atoms with van der Waals surface area (Å²) >= 11 is 0. The molecule has 2 aliphatic heterocycles. The molecule has 3 heterocycles. The molecule has 0 saturated heterocycles. The Morgan fingerprint density at radius 2 is 0.597 bits per heavy atom. The number of para-hydroxylation sites is 8. The fourth-order valence-corrected chi connectivity index (χ4v) is 11.5. The smallest absolute Gasteiger partial charge is 0.252 e. The fourth-order valence-electron chi connectivity index (χ4n) is 11.5. The highest BCUT2D eigenvalue weighted by atomic mass is 15.2. The van der Waals surface area contributed by atoms with Crippen molar-refractivity contribution < 1.29 is 0 Å². The summed E-state index contributed by atoms with van der Waals surface area (Å²) in [5, 5.41) is 2.46. The van der Waals surface area contributed by atoms with Gasteiger partial charge < -0.3 is 24.2 Å². The molecule has 12 aromatic rings. The summed E-state index contributed by atoms with van der Waals surface area (Å²) in [6.07, 6.45) is 0. The van der Waals surface area contributed by atoms with E-state index in [-0.39, 0.29) is 6.71 Å². The highest BCUT2D eigenvalue weighted by Crippen LogP contribution is 2.48. The second kappa shape index (κ2) is 17.2. The zero-order chi connectivity index (χ0) is 47.5. The van der Waals surface area contributed by atoms with Gasteiger partial charge in [-0.1, -0.05) is 146 Å². The predicted molar refractivity (Wildman–Crippen MR) is 304 cm³/mol. The van der Waals surface area contributed by atoms with Crippen molar-refractivity contribution in [3.05, 3.63) is 279 Å². The van der Waals surface area contributed by atoms with Crippen molar-refractivity contribution in [1.82, 2.24) is 4.57 Å². The number of nitrogens with zero attached hydrogens (tertiary/aromatic N) is 5. The zero-order valence-electron chi connectivity index (χ0n) is 39.4. The fraction of sp³-hybridized carbons (Fsp3) is 0. The number of hydrogen-bond donors (Lipinski definition) is 0. The summed E-state index contributed by atoms with van der Waals surface area (Å²) < 4.78 is 2.47. The lowest BCUT2D eigenvalue weighted by atomic mass is 9.33. The second-order valence-electron chi connectivity index (χ2n) is 18.5. The Hall–Kier alpha value is -9.52. The SMILES string of the molecule is c1ccc(N(c2ccccc2)c2ccc3c(c2)B2c4cc(N(c5ccccc5)c5ccccc5)ccc4N(c4ccccc4)c4cc(-n5c6ccccc6c6ccccc65)cc(c42)N3c2ccccc2)cc1. The largest absolute Gasteiger partial charge is 0.311 e. The average Bonchev–Trinajstić information content (AvgIpc) is 3.79. The highest BCUT2D eigenvalue weighted by Gasteiger charge is 2.44. The van der Waals surface area contributed by atoms with Crippen LogP contribution in [0.1, 0.15) is 0 Å². The highest BCUT2D eigenvalue weighted by molar-refractivity contribution is 7.00. The summed E-state index contributed by atoms with van der Waals surface area (Å²) in [7, 11) is 0. The lowest BCUT2D eigenvalue weighted by Gasteiger charge is -2.45. The molecule has 5 nitrogen and oxygen atoms in total. The number of benzene rings is 11. The van der Waals surface area contributed by atoms with Gasteiger partial charge in [0.15, 0.2) is 0 Å². The van der Waals surface area contributed by atoms with Crippen molar-refractivity contribution in [2.24, 2.45) is 0 Å². The standard InChI is InChI=1S/C66H46BN5/c1-7-23-47(24-8-1)68(48-25-9-2-10-26-48)53-39-41-62-58(43-53)67-59-44-54(69(49-27-11-3-12-28-49)50-29-13-4-14-30-50)40-42-63(59)71(52-33-17-6-18-34-52)65-46-55(45-64(66(65)67)70(62)51-31-15-5-16-32-51)72-60-37-21-19-35-56(60)57-36-20-22-38-61(57)72/h1-46H. The molecule has 72 heavy (non-hydrogen) atoms. The monoisotopic (exact) mass is 919 g/mol. The normalized spacial score (nSPS) is 12.4. The van der Waals surface area contributed by atoms with Crippen LogP contribution in [0.2, 0.25) is 0 Å². The molecule has 0 atom stereocenters. The Morgan fingerprint density at radius 3 is 0.972 bits per heavy atom. The van der Waals surface area contributed by atoms with Crippen LogP contribution in [-0.2, 0) is 0 Å². The number of anilines is 12. The summed E-state index contributed by atoms with van der Waals surface area (Å²) in [5.74, 6) is 0. The van der Waals surface area contributed by atoms with Gasteiger partial charge in [0.05, 0.1) is 16.7 Å². The maximum atomic E-state index is 2.51. The number of rotatable bonds is 9. The molecule has 0 amide bonds. The first-order valence-corrected chi connectivity index (χ1v) is 24.7. The maximum absolute atomic E-state index is 2.51. The van der Waals surface area contributed by atoms with Crippen molar-refractivity contribution in [2.75, 3.05) is 19.6 Å². The van der Waals surface area contributed by atoms with Crippen LogP contribution in [0, 0.1) is 0 Å². The Bertz CT molecular complexity index is 3610. The third kappa shape index (κ3) is 6.72. The van der Waals surface area contributed by atoms with Crippen LogP contribution in [0.15, 0.2) is 279 Å². The van der Waals surface area contributed by atoms with Crippen LogP contribution in [0.4, 0.5) is 68.2 Å². The Kier molecular flexibility index (Phi) is 9.88. The lowest BCUT2D eigenvalue weighted by Crippen LogP contribution is -2.61. The van der Waals surface area contributed by atoms with Crippen molar-refractivity contribution >= 4 is 113 Å². The van der Waals surface area contributed by atoms with E-state index in [9.17, 15) is 0 Å². The molecule has 0 saturated carbocycles. The molecule has 14 rings (SSSR count). The van der Waals surface area contributed by atoms with Crippen molar-refractivity contribution in [3.63, 3.8) is 0 Å². The van der Waals surface area contributed by atoms with Gasteiger partial charge >= 0.3 is 0 Å². The molecule has 6 heteroatoms. The van der Waals surface area contributed by atoms with E-state index in [1.165, 1.54) is 38.2 Å². The van der Waals surface area contributed by atoms with Gasteiger partial charge in [0.2, 0.25) is 0 Å². The molecule has 11 aromatic carbocycles. The van der Waals surface area contributed by atoms with Gasteiger partial charge in [-0.2, -0.15) is 0 Å². The Balaban J connectivity index is 1.10. The van der Waals surface area contributed by atoms with Crippen LogP contribution in [0.5, 0.6) is 0 Å². The van der Waals surface area contributed by atoms with E-state index < -0.39 is 0 Å². The molecular formula is C66H46BN5. The molecule has 0 aliphatic carbocycles. The number of aromatic nitrogens is 1. The molecule has 2 aliphatic rings. The first-order chi connectivity index (χ1) is 35.8. The Morgan fingerprint density at radius 1 is 0.264 bits per heavy atom. The summed E-state index contributed by atoms with van der Waals surface area (Å²) in [6, 6.07) is 102. The van der Waals surface area contributed by atoms with E-state index in [0.29, 0.717) is 0 Å². The topological polar surface area (TPSA) is 17.9 Å². The van der Waals surface area contributed by atoms with Gasteiger partial charge in [-0.25, -0.2) is 0 Å². The van der Waals surface area contributed by atoms with Gasteiger partial charge in [0, 0.05) is 79.0 Å². The van der Waals surface area contributed by atoms with E-state index in [1.54, 1.807) is 0 Å². The van der Waals surface area contributed by atoms with Gasteiger partial charge in [-0.3, -0.25) is 0 Å². The minimum Gasteiger partial charge on any atom is -0.311 e. The Labute approximate surface area is 420 Å². The minimum absolute atomic E-state index is 0.172. The molecule has 0 bridgehead atoms. The summed E-state index contributed by atoms with van der Waals surface area (Å²) in [6.45, 7) is -0.172. The van der Waals surface area contributed by atoms with E-state index in [2.05, 4.69) is 303 Å². The second-order valence-corrected chi connectivity index (χ2v) is 18.5. The molecule has 0 radical (unpaired) electrons. The van der Waals surface area contributed by atoms with Gasteiger partial charge in [-0.05, 0) is 150 Å². The third-order valence-corrected chi connectivity index (χ3v) is 14.5. The van der Waals surface area contributed by atoms with Crippen LogP contribution in [-0.4, -0.2) is 11.3 Å². The molecule has 0 fully saturated rings. The number of hydrogen-bond acceptors (Lipinski definition) is 4. The van der Waals surface area contributed by atoms with E-state index in [4.69, 9.17) is 0 Å². The van der Waals surface area contributed by atoms with Crippen LogP contribution in [0.3, 0.4) is 0 Å². The molecule has 0 N–H and O–H groups in total. The van der Waals surface area contributed by atoms with Gasteiger partial charge in [-0.15, -0.1) is 0 Å². The van der Waals surface area contributed by atoms with E-state index in [1.807, 2.05) is 0 Å². The van der Waals surface area contributed by atoms with Crippen molar-refractivity contribution in [1.29, 1.82) is 0 Å². The molecule has 338 valence electrons. The van der Waals surface area contributed by atoms with Gasteiger partial charge in [0.25, 0.3) is 6.71 Å². The molecule has 0 spiro atoms. The third-order valence-electron chi connectivity index (χ3n) is 14.5. The van der Waals surface area contributed by atoms with Crippen LogP contribution >= 0.6 is 0 Å². The minimum atomic E-state index is -0.172. The molecule has 1 aromatic heterocycles. The van der Waals surface area contributed by atoms with Crippen LogP contribution < -0.4 is 36.0 Å². The number of fused-ring (bicyclic) bond motifs is 7. The first-order valence-electron chi connectivity index (χ1n) is 24.7. The van der Waals surface area contributed by atoms with Crippen molar-refractivity contribution in [3.8, 4) is 5.69 Å². The van der Waals surface area contributed by atoms with E-state index in [0.717, 1.165) is 73.9 Å². The van der Waals surface area contributed by atoms with Gasteiger partial charge in [0.1, 0.15) is 0 Å². The predicted octanol–water partition coefficient (Wildman–Crippen LogP) is 15.8. The zero-order valence-corrected chi connectivity index (χ0v) is 39.4. The average molecular weight is 920 g/mol. The maximum Gasteiger partial charge on any atom is 0.252 e. The summed E-state index contributed by atoms with van der Waals surface area (Å²) in [4.78, 5) is 9.80. The van der Waals surface area contributed by atoms with E-state index >= 15 is 0 Å². The van der Waals surface area contributed by atoms with Crippen molar-refractivity contribution in [2.45, 2.75) is 0 Å². The quantitative estimate of drug-likeness (QED) is 0.134. The molecule has 0 unspecified atom stereocenters. The first kappa shape index (κ1) is 41.5.